The minimum atomic E-state index is -0.268. The minimum absolute atomic E-state index is 0.0286. The zero-order chi connectivity index (χ0) is 17.2. The molecule has 0 fully saturated rings. The van der Waals surface area contributed by atoms with Crippen LogP contribution in [-0.4, -0.2) is 18.0 Å². The fourth-order valence-electron chi connectivity index (χ4n) is 3.37. The maximum absolute atomic E-state index is 13.0. The van der Waals surface area contributed by atoms with E-state index in [9.17, 15) is 4.79 Å². The Morgan fingerprint density at radius 1 is 0.800 bits per heavy atom. The Morgan fingerprint density at radius 3 is 2.08 bits per heavy atom. The average Bonchev–Trinajstić information content (AvgIpc) is 2.69. The fourth-order valence-corrected chi connectivity index (χ4v) is 3.37. The van der Waals surface area contributed by atoms with Crippen molar-refractivity contribution in [3.05, 3.63) is 96.1 Å². The van der Waals surface area contributed by atoms with Crippen LogP contribution in [0.15, 0.2) is 84.9 Å². The number of amides is 1. The third kappa shape index (κ3) is 2.57. The predicted octanol–water partition coefficient (Wildman–Crippen LogP) is 4.11. The maximum atomic E-state index is 13.0. The van der Waals surface area contributed by atoms with Crippen LogP contribution in [0.1, 0.15) is 22.1 Å². The molecule has 1 unspecified atom stereocenters. The third-order valence-electron chi connectivity index (χ3n) is 4.47. The van der Waals surface area contributed by atoms with E-state index in [1.807, 2.05) is 72.8 Å². The number of fused-ring (bicyclic) bond motifs is 1. The molecule has 0 aliphatic carbocycles. The highest BCUT2D eigenvalue weighted by molar-refractivity contribution is 6.03. The van der Waals surface area contributed by atoms with Crippen LogP contribution >= 0.6 is 0 Å². The number of para-hydroxylation sites is 2. The van der Waals surface area contributed by atoms with E-state index in [2.05, 4.69) is 22.5 Å². The lowest BCUT2D eigenvalue weighted by Crippen LogP contribution is -2.52. The highest BCUT2D eigenvalue weighted by Crippen LogP contribution is 2.42. The van der Waals surface area contributed by atoms with E-state index in [1.54, 1.807) is 12.1 Å². The molecule has 1 aliphatic rings. The van der Waals surface area contributed by atoms with Gasteiger partial charge in [0, 0.05) is 12.7 Å². The number of benzene rings is 3. The number of carbonyl (C=O) groups is 1. The van der Waals surface area contributed by atoms with Crippen LogP contribution in [-0.2, 0) is 0 Å². The van der Waals surface area contributed by atoms with Crippen molar-refractivity contribution in [2.24, 2.45) is 0 Å². The van der Waals surface area contributed by atoms with Crippen LogP contribution in [0.2, 0.25) is 0 Å². The standard InChI is InChI=1S/C21H19N3O/c1-22-24-20(16-10-4-2-5-11-16)23(17-12-6-3-7-13-17)19-15-9-8-14-18(19)21(24)25/h2-15,20,22H,1H3. The zero-order valence-electron chi connectivity index (χ0n) is 14.0. The first kappa shape index (κ1) is 15.4. The van der Waals surface area contributed by atoms with Gasteiger partial charge in [0.15, 0.2) is 0 Å². The van der Waals surface area contributed by atoms with Gasteiger partial charge in [-0.3, -0.25) is 4.79 Å². The Hall–Kier alpha value is -3.11. The summed E-state index contributed by atoms with van der Waals surface area (Å²) >= 11 is 0. The number of rotatable bonds is 3. The average molecular weight is 329 g/mol. The van der Waals surface area contributed by atoms with Gasteiger partial charge in [0.1, 0.15) is 6.17 Å². The van der Waals surface area contributed by atoms with E-state index in [-0.39, 0.29) is 12.1 Å². The van der Waals surface area contributed by atoms with Crippen molar-refractivity contribution in [3.63, 3.8) is 0 Å². The number of carbonyl (C=O) groups excluding carboxylic acids is 1. The molecule has 1 N–H and O–H groups in total. The van der Waals surface area contributed by atoms with E-state index in [0.717, 1.165) is 16.9 Å². The van der Waals surface area contributed by atoms with Gasteiger partial charge >= 0.3 is 0 Å². The largest absolute Gasteiger partial charge is 0.314 e. The van der Waals surface area contributed by atoms with Gasteiger partial charge in [-0.05, 0) is 29.8 Å². The first-order chi connectivity index (χ1) is 12.3. The van der Waals surface area contributed by atoms with Crippen molar-refractivity contribution in [3.8, 4) is 0 Å². The van der Waals surface area contributed by atoms with Crippen LogP contribution < -0.4 is 10.3 Å². The van der Waals surface area contributed by atoms with Gasteiger partial charge in [-0.25, -0.2) is 10.4 Å². The summed E-state index contributed by atoms with van der Waals surface area (Å²) in [5.74, 6) is -0.0286. The highest BCUT2D eigenvalue weighted by atomic mass is 16.2. The molecule has 3 aromatic rings. The molecule has 3 aromatic carbocycles. The fraction of sp³-hybridized carbons (Fsp3) is 0.0952. The smallest absolute Gasteiger partial charge is 0.272 e. The molecule has 4 heteroatoms. The normalized spacial score (nSPS) is 16.7. The molecule has 4 nitrogen and oxygen atoms in total. The van der Waals surface area contributed by atoms with Gasteiger partial charge in [0.25, 0.3) is 5.91 Å². The lowest BCUT2D eigenvalue weighted by atomic mass is 10.0. The van der Waals surface area contributed by atoms with Gasteiger partial charge in [0.05, 0.1) is 11.3 Å². The number of hydrazine groups is 1. The molecule has 4 rings (SSSR count). The topological polar surface area (TPSA) is 35.6 Å². The van der Waals surface area contributed by atoms with Crippen molar-refractivity contribution >= 4 is 17.3 Å². The van der Waals surface area contributed by atoms with Crippen molar-refractivity contribution in [1.29, 1.82) is 0 Å². The molecule has 0 saturated heterocycles. The van der Waals surface area contributed by atoms with Gasteiger partial charge in [-0.15, -0.1) is 0 Å². The first-order valence-corrected chi connectivity index (χ1v) is 8.30. The van der Waals surface area contributed by atoms with Crippen molar-refractivity contribution in [2.75, 3.05) is 11.9 Å². The first-order valence-electron chi connectivity index (χ1n) is 8.30. The summed E-state index contributed by atoms with van der Waals surface area (Å²) < 4.78 is 0. The number of nitrogens with zero attached hydrogens (tertiary/aromatic N) is 2. The molecule has 124 valence electrons. The Kier molecular flexibility index (Phi) is 3.96. The van der Waals surface area contributed by atoms with Gasteiger partial charge in [-0.1, -0.05) is 60.7 Å². The van der Waals surface area contributed by atoms with Crippen molar-refractivity contribution in [2.45, 2.75) is 6.17 Å². The Morgan fingerprint density at radius 2 is 1.40 bits per heavy atom. The van der Waals surface area contributed by atoms with Crippen LogP contribution in [0, 0.1) is 0 Å². The van der Waals surface area contributed by atoms with E-state index in [4.69, 9.17) is 0 Å². The van der Waals surface area contributed by atoms with E-state index < -0.39 is 0 Å². The lowest BCUT2D eigenvalue weighted by molar-refractivity contribution is 0.0553. The van der Waals surface area contributed by atoms with Crippen molar-refractivity contribution in [1.82, 2.24) is 10.4 Å². The molecular formula is C21H19N3O. The summed E-state index contributed by atoms with van der Waals surface area (Å²) in [5, 5.41) is 1.69. The zero-order valence-corrected chi connectivity index (χ0v) is 14.0. The number of hydrogen-bond donors (Lipinski definition) is 1. The van der Waals surface area contributed by atoms with Gasteiger partial charge in [0.2, 0.25) is 0 Å². The molecule has 0 bridgehead atoms. The molecule has 25 heavy (non-hydrogen) atoms. The Balaban J connectivity index is 1.97. The molecule has 0 spiro atoms. The monoisotopic (exact) mass is 329 g/mol. The van der Waals surface area contributed by atoms with Crippen LogP contribution in [0.25, 0.3) is 0 Å². The molecular weight excluding hydrogens is 310 g/mol. The molecule has 1 atom stereocenters. The maximum Gasteiger partial charge on any atom is 0.272 e. The quantitative estimate of drug-likeness (QED) is 0.785. The second kappa shape index (κ2) is 6.42. The summed E-state index contributed by atoms with van der Waals surface area (Å²) in [6.07, 6.45) is -0.268. The van der Waals surface area contributed by atoms with Gasteiger partial charge in [-0.2, -0.15) is 0 Å². The third-order valence-corrected chi connectivity index (χ3v) is 4.47. The molecule has 1 amide bonds. The lowest BCUT2D eigenvalue weighted by Gasteiger charge is -2.45. The Labute approximate surface area is 147 Å². The van der Waals surface area contributed by atoms with Gasteiger partial charge < -0.3 is 4.90 Å². The minimum Gasteiger partial charge on any atom is -0.314 e. The number of anilines is 2. The summed E-state index contributed by atoms with van der Waals surface area (Å²) in [4.78, 5) is 15.2. The summed E-state index contributed by atoms with van der Waals surface area (Å²) in [6.45, 7) is 0. The SMILES string of the molecule is CNN1C(=O)c2ccccc2N(c2ccccc2)C1c1ccccc1. The highest BCUT2D eigenvalue weighted by Gasteiger charge is 2.38. The predicted molar refractivity (Wildman–Crippen MR) is 99.4 cm³/mol. The summed E-state index contributed by atoms with van der Waals surface area (Å²) in [6, 6.07) is 28.0. The van der Waals surface area contributed by atoms with E-state index >= 15 is 0 Å². The van der Waals surface area contributed by atoms with E-state index in [1.165, 1.54) is 0 Å². The molecule has 0 radical (unpaired) electrons. The summed E-state index contributed by atoms with van der Waals surface area (Å²) in [5.41, 5.74) is 6.77. The number of nitrogens with one attached hydrogen (secondary N) is 1. The van der Waals surface area contributed by atoms with Crippen LogP contribution in [0.4, 0.5) is 11.4 Å². The van der Waals surface area contributed by atoms with E-state index in [0.29, 0.717) is 5.56 Å². The molecule has 1 heterocycles. The van der Waals surface area contributed by atoms with Crippen LogP contribution in [0.3, 0.4) is 0 Å². The molecule has 1 aliphatic heterocycles. The second-order valence-corrected chi connectivity index (χ2v) is 5.91. The van der Waals surface area contributed by atoms with Crippen LogP contribution in [0.5, 0.6) is 0 Å². The molecule has 0 saturated carbocycles. The molecule has 0 aromatic heterocycles. The van der Waals surface area contributed by atoms with Crippen molar-refractivity contribution < 1.29 is 4.79 Å². The number of hydrogen-bond acceptors (Lipinski definition) is 3. The second-order valence-electron chi connectivity index (χ2n) is 5.91. The Bertz CT molecular complexity index is 880. The summed E-state index contributed by atoms with van der Waals surface area (Å²) in [7, 11) is 1.78.